The Kier molecular flexibility index (Phi) is 40.6. The summed E-state index contributed by atoms with van der Waals surface area (Å²) in [4.78, 5) is 11.9. The molecule has 0 amide bonds. The highest BCUT2D eigenvalue weighted by Crippen LogP contribution is 2.14. The normalized spacial score (nSPS) is 11.4. The van der Waals surface area contributed by atoms with Gasteiger partial charge in [-0.15, -0.1) is 0 Å². The highest BCUT2D eigenvalue weighted by Gasteiger charge is 2.03. The van der Waals surface area contributed by atoms with Crippen molar-refractivity contribution >= 4 is 5.97 Å². The van der Waals surface area contributed by atoms with E-state index >= 15 is 0 Å². The van der Waals surface area contributed by atoms with Gasteiger partial charge in [0.05, 0.1) is 59.5 Å². The number of carbonyl (C=O) groups excluding carboxylic acids is 1. The van der Waals surface area contributed by atoms with Crippen molar-refractivity contribution in [2.45, 2.75) is 168 Å². The van der Waals surface area contributed by atoms with Gasteiger partial charge in [0.25, 0.3) is 0 Å². The van der Waals surface area contributed by atoms with E-state index in [1.807, 2.05) is 0 Å². The zero-order valence-corrected chi connectivity index (χ0v) is 30.1. The topological polar surface area (TPSA) is 72.5 Å². The van der Waals surface area contributed by atoms with Crippen molar-refractivity contribution in [3.05, 3.63) is 0 Å². The molecule has 0 saturated carbocycles. The number of hydrogen-bond acceptors (Lipinski definition) is 7. The summed E-state index contributed by atoms with van der Waals surface area (Å²) >= 11 is 0. The van der Waals surface area contributed by atoms with Crippen molar-refractivity contribution in [2.24, 2.45) is 0 Å². The lowest BCUT2D eigenvalue weighted by Gasteiger charge is -2.08. The van der Waals surface area contributed by atoms with Crippen LogP contribution in [0.4, 0.5) is 0 Å². The van der Waals surface area contributed by atoms with E-state index in [4.69, 9.17) is 28.4 Å². The molecule has 0 heterocycles. The Labute approximate surface area is 279 Å². The molecule has 270 valence electrons. The van der Waals surface area contributed by atoms with Crippen LogP contribution in [0.25, 0.3) is 0 Å². The predicted octanol–water partition coefficient (Wildman–Crippen LogP) is 10.0. The highest BCUT2D eigenvalue weighted by atomic mass is 16.6. The number of hydrogen-bond donors (Lipinski definition) is 0. The second-order valence-corrected chi connectivity index (χ2v) is 12.5. The second kappa shape index (κ2) is 41.3. The van der Waals surface area contributed by atoms with E-state index in [1.54, 1.807) is 0 Å². The Hall–Kier alpha value is -0.730. The van der Waals surface area contributed by atoms with Gasteiger partial charge in [0, 0.05) is 13.0 Å². The highest BCUT2D eigenvalue weighted by molar-refractivity contribution is 5.69. The molecule has 0 spiro atoms. The Balaban J connectivity index is 3.13. The van der Waals surface area contributed by atoms with Gasteiger partial charge in [-0.1, -0.05) is 149 Å². The molecule has 0 rings (SSSR count). The number of esters is 1. The maximum absolute atomic E-state index is 11.9. The van der Waals surface area contributed by atoms with Gasteiger partial charge in [-0.3, -0.25) is 4.79 Å². The third kappa shape index (κ3) is 41.2. The quantitative estimate of drug-likeness (QED) is 0.0485. The van der Waals surface area contributed by atoms with E-state index in [0.29, 0.717) is 72.5 Å². The fraction of sp³-hybridized carbons (Fsp3) is 0.974. The molecule has 7 heteroatoms. The van der Waals surface area contributed by atoms with Crippen LogP contribution in [0.2, 0.25) is 0 Å². The molecule has 0 unspecified atom stereocenters. The van der Waals surface area contributed by atoms with Gasteiger partial charge in [-0.05, 0) is 12.8 Å². The molecule has 0 aromatic heterocycles. The molecular weight excluding hydrogens is 568 g/mol. The van der Waals surface area contributed by atoms with Crippen LogP contribution in [0.1, 0.15) is 168 Å². The average molecular weight is 645 g/mol. The molecule has 0 aliphatic heterocycles. The fourth-order valence-electron chi connectivity index (χ4n) is 5.25. The fourth-order valence-corrected chi connectivity index (χ4v) is 5.25. The molecule has 0 radical (unpaired) electrons. The van der Waals surface area contributed by atoms with Crippen LogP contribution in [0.3, 0.4) is 0 Å². The zero-order chi connectivity index (χ0) is 32.6. The number of unbranched alkanes of at least 4 members (excludes halogenated alkanes) is 21. The number of carbonyl (C=O) groups is 1. The zero-order valence-electron chi connectivity index (χ0n) is 30.1. The summed E-state index contributed by atoms with van der Waals surface area (Å²) in [5.74, 6) is -0.114. The standard InChI is InChI=1S/C38H76O7/c1-3-5-7-9-11-13-14-15-16-17-18-19-20-22-24-26-38(39)45-37-36-44-35-34-43-33-32-42-31-30-41-29-28-40-27-25-23-21-12-10-8-6-4-2/h3-37H2,1-2H3. The van der Waals surface area contributed by atoms with Gasteiger partial charge in [0.15, 0.2) is 0 Å². The van der Waals surface area contributed by atoms with Gasteiger partial charge in [-0.2, -0.15) is 0 Å². The largest absolute Gasteiger partial charge is 0.463 e. The van der Waals surface area contributed by atoms with E-state index in [1.165, 1.54) is 128 Å². The first kappa shape index (κ1) is 44.3. The van der Waals surface area contributed by atoms with Gasteiger partial charge in [-0.25, -0.2) is 0 Å². The van der Waals surface area contributed by atoms with Crippen LogP contribution in [-0.4, -0.2) is 78.6 Å². The van der Waals surface area contributed by atoms with Crippen molar-refractivity contribution in [2.75, 3.05) is 72.7 Å². The minimum absolute atomic E-state index is 0.114. The van der Waals surface area contributed by atoms with Crippen LogP contribution in [-0.2, 0) is 33.2 Å². The SMILES string of the molecule is CCCCCCCCCCCCCCCCCC(=O)OCCOCCOCCOCCOCCOCCCCCCCCCC. The molecule has 0 bridgehead atoms. The van der Waals surface area contributed by atoms with Crippen molar-refractivity contribution < 1.29 is 33.2 Å². The van der Waals surface area contributed by atoms with Crippen molar-refractivity contribution in [3.63, 3.8) is 0 Å². The first-order chi connectivity index (χ1) is 22.3. The third-order valence-corrected chi connectivity index (χ3v) is 8.11. The molecule has 7 nitrogen and oxygen atoms in total. The first-order valence-electron chi connectivity index (χ1n) is 19.4. The minimum Gasteiger partial charge on any atom is -0.463 e. The van der Waals surface area contributed by atoms with Gasteiger partial charge >= 0.3 is 5.97 Å². The van der Waals surface area contributed by atoms with Gasteiger partial charge in [0.1, 0.15) is 6.61 Å². The van der Waals surface area contributed by atoms with E-state index in [0.717, 1.165) is 25.9 Å². The summed E-state index contributed by atoms with van der Waals surface area (Å²) in [5.41, 5.74) is 0. The maximum atomic E-state index is 11.9. The summed E-state index contributed by atoms with van der Waals surface area (Å²) in [7, 11) is 0. The third-order valence-electron chi connectivity index (χ3n) is 8.11. The second-order valence-electron chi connectivity index (χ2n) is 12.5. The summed E-state index contributed by atoms with van der Waals surface area (Å²) in [5, 5.41) is 0. The summed E-state index contributed by atoms with van der Waals surface area (Å²) < 4.78 is 32.9. The molecule has 0 aromatic carbocycles. The molecule has 0 N–H and O–H groups in total. The predicted molar refractivity (Wildman–Crippen MR) is 187 cm³/mol. The molecule has 45 heavy (non-hydrogen) atoms. The maximum Gasteiger partial charge on any atom is 0.305 e. The lowest BCUT2D eigenvalue weighted by molar-refractivity contribution is -0.145. The molecular formula is C38H76O7. The molecule has 0 aromatic rings. The van der Waals surface area contributed by atoms with E-state index < -0.39 is 0 Å². The number of ether oxygens (including phenoxy) is 6. The smallest absolute Gasteiger partial charge is 0.305 e. The van der Waals surface area contributed by atoms with Gasteiger partial charge < -0.3 is 28.4 Å². The summed E-state index contributed by atoms with van der Waals surface area (Å²) in [6.45, 7) is 10.5. The Morgan fingerprint density at radius 1 is 0.311 bits per heavy atom. The first-order valence-corrected chi connectivity index (χ1v) is 19.4. The molecule has 0 atom stereocenters. The van der Waals surface area contributed by atoms with Crippen molar-refractivity contribution in [1.29, 1.82) is 0 Å². The van der Waals surface area contributed by atoms with Crippen LogP contribution >= 0.6 is 0 Å². The average Bonchev–Trinajstić information content (AvgIpc) is 3.05. The summed E-state index contributed by atoms with van der Waals surface area (Å²) in [6.07, 6.45) is 31.0. The van der Waals surface area contributed by atoms with E-state index in [2.05, 4.69) is 13.8 Å². The van der Waals surface area contributed by atoms with Crippen LogP contribution in [0.15, 0.2) is 0 Å². The van der Waals surface area contributed by atoms with Gasteiger partial charge in [0.2, 0.25) is 0 Å². The van der Waals surface area contributed by atoms with E-state index in [9.17, 15) is 4.79 Å². The molecule has 0 aliphatic rings. The monoisotopic (exact) mass is 645 g/mol. The Bertz CT molecular complexity index is 546. The van der Waals surface area contributed by atoms with Crippen molar-refractivity contribution in [1.82, 2.24) is 0 Å². The lowest BCUT2D eigenvalue weighted by Crippen LogP contribution is -2.15. The summed E-state index contributed by atoms with van der Waals surface area (Å²) in [6, 6.07) is 0. The van der Waals surface area contributed by atoms with E-state index in [-0.39, 0.29) is 5.97 Å². The molecule has 0 fully saturated rings. The van der Waals surface area contributed by atoms with Crippen LogP contribution in [0.5, 0.6) is 0 Å². The Morgan fingerprint density at radius 3 is 0.933 bits per heavy atom. The van der Waals surface area contributed by atoms with Crippen molar-refractivity contribution in [3.8, 4) is 0 Å². The minimum atomic E-state index is -0.114. The van der Waals surface area contributed by atoms with Crippen LogP contribution in [0, 0.1) is 0 Å². The molecule has 0 saturated heterocycles. The van der Waals surface area contributed by atoms with Crippen LogP contribution < -0.4 is 0 Å². The Morgan fingerprint density at radius 2 is 0.578 bits per heavy atom. The number of rotatable bonds is 40. The lowest BCUT2D eigenvalue weighted by atomic mass is 10.0. The molecule has 0 aliphatic carbocycles.